The third kappa shape index (κ3) is 4.47. The highest BCUT2D eigenvalue weighted by Gasteiger charge is 2.25. The minimum Gasteiger partial charge on any atom is -0.338 e. The lowest BCUT2D eigenvalue weighted by molar-refractivity contribution is 0.0664. The Morgan fingerprint density at radius 1 is 1.11 bits per heavy atom. The molecule has 6 nitrogen and oxygen atoms in total. The normalized spacial score (nSPS) is 14.2. The molecule has 1 aromatic heterocycles. The Kier molecular flexibility index (Phi) is 6.11. The number of rotatable bonds is 3. The van der Waals surface area contributed by atoms with Crippen LogP contribution in [0.25, 0.3) is 11.3 Å². The quantitative estimate of drug-likeness (QED) is 0.811. The van der Waals surface area contributed by atoms with Crippen LogP contribution in [0.15, 0.2) is 40.9 Å². The van der Waals surface area contributed by atoms with Crippen LogP contribution in [-0.2, 0) is 0 Å². The lowest BCUT2D eigenvalue weighted by atomic mass is 10.1. The SMILES string of the molecule is CCNC(=O)N1CCN(C(=O)c2ccc(-c3cccc(Br)c3)nc2C)CC1. The average Bonchev–Trinajstić information content (AvgIpc) is 2.68. The molecule has 0 aliphatic carbocycles. The first-order valence-corrected chi connectivity index (χ1v) is 9.84. The van der Waals surface area contributed by atoms with E-state index >= 15 is 0 Å². The Morgan fingerprint density at radius 3 is 2.44 bits per heavy atom. The van der Waals surface area contributed by atoms with Gasteiger partial charge < -0.3 is 15.1 Å². The number of urea groups is 1. The second-order valence-electron chi connectivity index (χ2n) is 6.45. The minimum absolute atomic E-state index is 0.0312. The van der Waals surface area contributed by atoms with Gasteiger partial charge in [-0.2, -0.15) is 0 Å². The number of piperazine rings is 1. The third-order valence-corrected chi connectivity index (χ3v) is 5.11. The summed E-state index contributed by atoms with van der Waals surface area (Å²) in [6.07, 6.45) is 0. The fourth-order valence-electron chi connectivity index (χ4n) is 3.14. The number of benzene rings is 1. The molecule has 0 bridgehead atoms. The summed E-state index contributed by atoms with van der Waals surface area (Å²) in [5.41, 5.74) is 3.16. The molecule has 1 N–H and O–H groups in total. The molecule has 1 saturated heterocycles. The van der Waals surface area contributed by atoms with Gasteiger partial charge in [0.15, 0.2) is 0 Å². The smallest absolute Gasteiger partial charge is 0.317 e. The predicted octanol–water partition coefficient (Wildman–Crippen LogP) is 3.31. The fraction of sp³-hybridized carbons (Fsp3) is 0.350. The molecule has 3 rings (SSSR count). The van der Waals surface area contributed by atoms with Crippen molar-refractivity contribution >= 4 is 27.9 Å². The molecule has 1 aliphatic heterocycles. The van der Waals surface area contributed by atoms with E-state index in [4.69, 9.17) is 0 Å². The number of amides is 3. The van der Waals surface area contributed by atoms with E-state index in [1.807, 2.05) is 50.2 Å². The van der Waals surface area contributed by atoms with Crippen LogP contribution < -0.4 is 5.32 Å². The number of hydrogen-bond donors (Lipinski definition) is 1. The maximum atomic E-state index is 12.9. The Balaban J connectivity index is 1.70. The summed E-state index contributed by atoms with van der Waals surface area (Å²) in [5.74, 6) is -0.0312. The van der Waals surface area contributed by atoms with E-state index in [1.54, 1.807) is 9.80 Å². The standard InChI is InChI=1S/C20H23BrN4O2/c1-3-22-20(27)25-11-9-24(10-12-25)19(26)17-7-8-18(23-14(17)2)15-5-4-6-16(21)13-15/h4-8,13H,3,9-12H2,1-2H3,(H,22,27). The summed E-state index contributed by atoms with van der Waals surface area (Å²) < 4.78 is 0.990. The first-order chi connectivity index (χ1) is 13.0. The molecule has 0 atom stereocenters. The van der Waals surface area contributed by atoms with Crippen molar-refractivity contribution in [3.8, 4) is 11.3 Å². The summed E-state index contributed by atoms with van der Waals surface area (Å²) in [5, 5.41) is 2.80. The highest BCUT2D eigenvalue weighted by Crippen LogP contribution is 2.23. The molecule has 2 heterocycles. The van der Waals surface area contributed by atoms with Crippen molar-refractivity contribution in [2.24, 2.45) is 0 Å². The summed E-state index contributed by atoms with van der Waals surface area (Å²) in [6.45, 7) is 6.50. The number of halogens is 1. The van der Waals surface area contributed by atoms with E-state index in [-0.39, 0.29) is 11.9 Å². The topological polar surface area (TPSA) is 65.5 Å². The number of hydrogen-bond acceptors (Lipinski definition) is 3. The molecule has 1 aliphatic rings. The minimum atomic E-state index is -0.0687. The Labute approximate surface area is 167 Å². The summed E-state index contributed by atoms with van der Waals surface area (Å²) in [4.78, 5) is 32.9. The Morgan fingerprint density at radius 2 is 1.81 bits per heavy atom. The average molecular weight is 431 g/mol. The van der Waals surface area contributed by atoms with Crippen LogP contribution in [-0.4, -0.2) is 59.4 Å². The number of nitrogens with one attached hydrogen (secondary N) is 1. The monoisotopic (exact) mass is 430 g/mol. The lowest BCUT2D eigenvalue weighted by Gasteiger charge is -2.34. The number of aromatic nitrogens is 1. The summed E-state index contributed by atoms with van der Waals surface area (Å²) in [6, 6.07) is 11.6. The number of aryl methyl sites for hydroxylation is 1. The van der Waals surface area contributed by atoms with Crippen molar-refractivity contribution < 1.29 is 9.59 Å². The maximum Gasteiger partial charge on any atom is 0.317 e. The van der Waals surface area contributed by atoms with Gasteiger partial charge in [0, 0.05) is 42.8 Å². The van der Waals surface area contributed by atoms with Crippen LogP contribution in [0.1, 0.15) is 23.0 Å². The summed E-state index contributed by atoms with van der Waals surface area (Å²) in [7, 11) is 0. The number of carbonyl (C=O) groups excluding carboxylic acids is 2. The second-order valence-corrected chi connectivity index (χ2v) is 7.37. The number of carbonyl (C=O) groups is 2. The van der Waals surface area contributed by atoms with Crippen LogP contribution in [0.3, 0.4) is 0 Å². The van der Waals surface area contributed by atoms with Crippen LogP contribution in [0.4, 0.5) is 4.79 Å². The number of nitrogens with zero attached hydrogens (tertiary/aromatic N) is 3. The maximum absolute atomic E-state index is 12.9. The molecule has 142 valence electrons. The van der Waals surface area contributed by atoms with Gasteiger partial charge in [-0.25, -0.2) is 4.79 Å². The van der Waals surface area contributed by atoms with Crippen LogP contribution in [0.2, 0.25) is 0 Å². The molecule has 1 fully saturated rings. The Bertz CT molecular complexity index is 848. The highest BCUT2D eigenvalue weighted by molar-refractivity contribution is 9.10. The second kappa shape index (κ2) is 8.52. The molecule has 7 heteroatoms. The molecule has 0 unspecified atom stereocenters. The largest absolute Gasteiger partial charge is 0.338 e. The van der Waals surface area contributed by atoms with E-state index < -0.39 is 0 Å². The van der Waals surface area contributed by atoms with Gasteiger partial charge in [0.25, 0.3) is 5.91 Å². The molecular weight excluding hydrogens is 408 g/mol. The zero-order chi connectivity index (χ0) is 19.4. The molecule has 0 saturated carbocycles. The van der Waals surface area contributed by atoms with Crippen LogP contribution in [0, 0.1) is 6.92 Å². The first-order valence-electron chi connectivity index (χ1n) is 9.05. The van der Waals surface area contributed by atoms with E-state index in [0.717, 1.165) is 15.7 Å². The van der Waals surface area contributed by atoms with Crippen molar-refractivity contribution in [1.29, 1.82) is 0 Å². The van der Waals surface area contributed by atoms with Gasteiger partial charge in [-0.15, -0.1) is 0 Å². The molecule has 27 heavy (non-hydrogen) atoms. The Hall–Kier alpha value is -2.41. The third-order valence-electron chi connectivity index (χ3n) is 4.62. The van der Waals surface area contributed by atoms with E-state index in [1.165, 1.54) is 0 Å². The van der Waals surface area contributed by atoms with E-state index in [9.17, 15) is 9.59 Å². The van der Waals surface area contributed by atoms with Gasteiger partial charge in [0.2, 0.25) is 0 Å². The van der Waals surface area contributed by atoms with Gasteiger partial charge in [-0.05, 0) is 38.1 Å². The number of pyridine rings is 1. The molecule has 1 aromatic carbocycles. The van der Waals surface area contributed by atoms with Crippen molar-refractivity contribution in [2.75, 3.05) is 32.7 Å². The van der Waals surface area contributed by atoms with Gasteiger partial charge in [0.1, 0.15) is 0 Å². The van der Waals surface area contributed by atoms with Crippen LogP contribution in [0.5, 0.6) is 0 Å². The van der Waals surface area contributed by atoms with Gasteiger partial charge in [-0.1, -0.05) is 28.1 Å². The molecule has 2 aromatic rings. The predicted molar refractivity (Wildman–Crippen MR) is 109 cm³/mol. The van der Waals surface area contributed by atoms with Crippen molar-refractivity contribution in [2.45, 2.75) is 13.8 Å². The fourth-order valence-corrected chi connectivity index (χ4v) is 3.54. The van der Waals surface area contributed by atoms with E-state index in [2.05, 4.69) is 26.2 Å². The van der Waals surface area contributed by atoms with Crippen molar-refractivity contribution in [3.63, 3.8) is 0 Å². The zero-order valence-electron chi connectivity index (χ0n) is 15.5. The van der Waals surface area contributed by atoms with Crippen molar-refractivity contribution in [3.05, 3.63) is 52.1 Å². The lowest BCUT2D eigenvalue weighted by Crippen LogP contribution is -2.53. The van der Waals surface area contributed by atoms with Gasteiger partial charge in [-0.3, -0.25) is 9.78 Å². The molecular formula is C20H23BrN4O2. The van der Waals surface area contributed by atoms with Gasteiger partial charge in [0.05, 0.1) is 17.0 Å². The van der Waals surface area contributed by atoms with E-state index in [0.29, 0.717) is 44.0 Å². The molecule has 0 spiro atoms. The highest BCUT2D eigenvalue weighted by atomic mass is 79.9. The zero-order valence-corrected chi connectivity index (χ0v) is 17.1. The molecule has 3 amide bonds. The van der Waals surface area contributed by atoms with Gasteiger partial charge >= 0.3 is 6.03 Å². The van der Waals surface area contributed by atoms with Crippen LogP contribution >= 0.6 is 15.9 Å². The first kappa shape index (κ1) is 19.4. The molecule has 0 radical (unpaired) electrons. The van der Waals surface area contributed by atoms with Crippen molar-refractivity contribution in [1.82, 2.24) is 20.1 Å². The summed E-state index contributed by atoms with van der Waals surface area (Å²) >= 11 is 3.47.